The van der Waals surface area contributed by atoms with E-state index >= 15 is 0 Å². The van der Waals surface area contributed by atoms with Crippen molar-refractivity contribution >= 4 is 41.3 Å². The fourth-order valence-electron chi connectivity index (χ4n) is 2.91. The summed E-state index contributed by atoms with van der Waals surface area (Å²) in [4.78, 5) is 10.0. The molecule has 22 heavy (non-hydrogen) atoms. The van der Waals surface area contributed by atoms with Crippen molar-refractivity contribution in [3.05, 3.63) is 16.1 Å². The van der Waals surface area contributed by atoms with Crippen LogP contribution < -0.4 is 10.6 Å². The SMILES string of the molecule is CCC1CCC(NC(=NC)NCCc2ncc(C)s2)CC1.I. The number of guanidine groups is 1. The molecule has 4 nitrogen and oxygen atoms in total. The van der Waals surface area contributed by atoms with Gasteiger partial charge in [-0.3, -0.25) is 4.99 Å². The van der Waals surface area contributed by atoms with Gasteiger partial charge < -0.3 is 10.6 Å². The van der Waals surface area contributed by atoms with Crippen molar-refractivity contribution in [3.8, 4) is 0 Å². The number of nitrogens with zero attached hydrogens (tertiary/aromatic N) is 2. The van der Waals surface area contributed by atoms with Crippen molar-refractivity contribution in [2.45, 2.75) is 58.4 Å². The highest BCUT2D eigenvalue weighted by atomic mass is 127. The first-order chi connectivity index (χ1) is 10.2. The number of hydrogen-bond donors (Lipinski definition) is 2. The number of rotatable bonds is 5. The van der Waals surface area contributed by atoms with E-state index in [2.05, 4.69) is 34.5 Å². The molecule has 1 fully saturated rings. The molecular formula is C16H29IN4S. The van der Waals surface area contributed by atoms with Crippen molar-refractivity contribution < 1.29 is 0 Å². The fraction of sp³-hybridized carbons (Fsp3) is 0.750. The van der Waals surface area contributed by atoms with Crippen LogP contribution in [-0.4, -0.2) is 30.6 Å². The standard InChI is InChI=1S/C16H28N4S.HI/c1-4-13-5-7-14(8-6-13)20-16(17-3)18-10-9-15-19-11-12(2)21-15;/h11,13-14H,4-10H2,1-3H3,(H2,17,18,20);1H. The molecule has 0 spiro atoms. The molecule has 0 radical (unpaired) electrons. The van der Waals surface area contributed by atoms with E-state index in [1.54, 1.807) is 11.3 Å². The molecule has 1 aliphatic rings. The number of aliphatic imine (C=N–C) groups is 1. The second kappa shape index (κ2) is 10.4. The summed E-state index contributed by atoms with van der Waals surface area (Å²) >= 11 is 1.77. The molecule has 1 aliphatic carbocycles. The van der Waals surface area contributed by atoms with E-state index in [0.717, 1.165) is 24.8 Å². The van der Waals surface area contributed by atoms with Crippen LogP contribution in [0.5, 0.6) is 0 Å². The first-order valence-electron chi connectivity index (χ1n) is 8.09. The van der Waals surface area contributed by atoms with Crippen LogP contribution in [-0.2, 0) is 6.42 Å². The van der Waals surface area contributed by atoms with Crippen LogP contribution in [0.1, 0.15) is 48.9 Å². The van der Waals surface area contributed by atoms with Crippen molar-refractivity contribution in [2.75, 3.05) is 13.6 Å². The molecule has 0 unspecified atom stereocenters. The van der Waals surface area contributed by atoms with Gasteiger partial charge in [0, 0.05) is 37.1 Å². The van der Waals surface area contributed by atoms with Gasteiger partial charge in [-0.15, -0.1) is 35.3 Å². The van der Waals surface area contributed by atoms with E-state index in [9.17, 15) is 0 Å². The van der Waals surface area contributed by atoms with Crippen LogP contribution in [0.4, 0.5) is 0 Å². The highest BCUT2D eigenvalue weighted by Crippen LogP contribution is 2.26. The molecule has 2 rings (SSSR count). The maximum atomic E-state index is 4.39. The Kier molecular flexibility index (Phi) is 9.31. The lowest BCUT2D eigenvalue weighted by molar-refractivity contribution is 0.304. The Morgan fingerprint density at radius 2 is 2.09 bits per heavy atom. The Bertz CT molecular complexity index is 453. The Hall–Kier alpha value is -0.370. The molecule has 0 saturated heterocycles. The van der Waals surface area contributed by atoms with Gasteiger partial charge in [-0.1, -0.05) is 13.3 Å². The molecule has 126 valence electrons. The van der Waals surface area contributed by atoms with Crippen LogP contribution in [0.2, 0.25) is 0 Å². The number of aromatic nitrogens is 1. The summed E-state index contributed by atoms with van der Waals surface area (Å²) in [6, 6.07) is 0.584. The van der Waals surface area contributed by atoms with Crippen LogP contribution in [0, 0.1) is 12.8 Å². The summed E-state index contributed by atoms with van der Waals surface area (Å²) in [6.07, 6.45) is 9.47. The zero-order valence-electron chi connectivity index (χ0n) is 13.9. The highest BCUT2D eigenvalue weighted by molar-refractivity contribution is 14.0. The van der Waals surface area contributed by atoms with Crippen molar-refractivity contribution in [2.24, 2.45) is 10.9 Å². The number of aryl methyl sites for hydroxylation is 1. The Morgan fingerprint density at radius 3 is 2.64 bits per heavy atom. The molecule has 1 saturated carbocycles. The lowest BCUT2D eigenvalue weighted by Crippen LogP contribution is -2.45. The second-order valence-electron chi connectivity index (χ2n) is 5.88. The number of nitrogens with one attached hydrogen (secondary N) is 2. The van der Waals surface area contributed by atoms with Crippen molar-refractivity contribution in [3.63, 3.8) is 0 Å². The predicted octanol–water partition coefficient (Wildman–Crippen LogP) is 3.75. The lowest BCUT2D eigenvalue weighted by Gasteiger charge is -2.29. The Labute approximate surface area is 155 Å². The third-order valence-corrected chi connectivity index (χ3v) is 5.26. The van der Waals surface area contributed by atoms with Gasteiger partial charge in [-0.05, 0) is 38.5 Å². The minimum atomic E-state index is 0. The van der Waals surface area contributed by atoms with Gasteiger partial charge in [-0.2, -0.15) is 0 Å². The van der Waals surface area contributed by atoms with Gasteiger partial charge in [0.05, 0.1) is 5.01 Å². The first kappa shape index (κ1) is 19.7. The van der Waals surface area contributed by atoms with Gasteiger partial charge in [0.2, 0.25) is 0 Å². The lowest BCUT2D eigenvalue weighted by atomic mass is 9.84. The van der Waals surface area contributed by atoms with E-state index in [-0.39, 0.29) is 24.0 Å². The van der Waals surface area contributed by atoms with Gasteiger partial charge in [0.15, 0.2) is 5.96 Å². The molecule has 1 aromatic rings. The Morgan fingerprint density at radius 1 is 1.36 bits per heavy atom. The van der Waals surface area contributed by atoms with E-state index in [4.69, 9.17) is 0 Å². The third-order valence-electron chi connectivity index (χ3n) is 4.29. The molecule has 0 amide bonds. The van der Waals surface area contributed by atoms with Crippen LogP contribution in [0.25, 0.3) is 0 Å². The largest absolute Gasteiger partial charge is 0.356 e. The first-order valence-corrected chi connectivity index (χ1v) is 8.91. The Balaban J connectivity index is 0.00000242. The van der Waals surface area contributed by atoms with Crippen LogP contribution >= 0.6 is 35.3 Å². The van der Waals surface area contributed by atoms with E-state index in [0.29, 0.717) is 6.04 Å². The molecule has 0 aromatic carbocycles. The van der Waals surface area contributed by atoms with E-state index in [1.165, 1.54) is 42.0 Å². The average Bonchev–Trinajstić information content (AvgIpc) is 2.92. The zero-order chi connectivity index (χ0) is 15.1. The highest BCUT2D eigenvalue weighted by Gasteiger charge is 2.20. The average molecular weight is 436 g/mol. The van der Waals surface area contributed by atoms with Crippen LogP contribution in [0.15, 0.2) is 11.2 Å². The quantitative estimate of drug-likeness (QED) is 0.420. The molecule has 1 heterocycles. The van der Waals surface area contributed by atoms with Gasteiger partial charge >= 0.3 is 0 Å². The summed E-state index contributed by atoms with van der Waals surface area (Å²) in [5, 5.41) is 8.16. The van der Waals surface area contributed by atoms with Gasteiger partial charge in [0.1, 0.15) is 0 Å². The normalized spacial score (nSPS) is 22.0. The summed E-state index contributed by atoms with van der Waals surface area (Å²) in [5.74, 6) is 1.87. The topological polar surface area (TPSA) is 49.3 Å². The van der Waals surface area contributed by atoms with E-state index < -0.39 is 0 Å². The van der Waals surface area contributed by atoms with E-state index in [1.807, 2.05) is 13.2 Å². The molecule has 0 atom stereocenters. The summed E-state index contributed by atoms with van der Waals surface area (Å²) in [6.45, 7) is 5.29. The fourth-order valence-corrected chi connectivity index (χ4v) is 3.69. The smallest absolute Gasteiger partial charge is 0.191 e. The monoisotopic (exact) mass is 436 g/mol. The number of halogens is 1. The molecule has 6 heteroatoms. The van der Waals surface area contributed by atoms with Crippen molar-refractivity contribution in [1.29, 1.82) is 0 Å². The van der Waals surface area contributed by atoms with Crippen molar-refractivity contribution in [1.82, 2.24) is 15.6 Å². The third kappa shape index (κ3) is 6.40. The maximum Gasteiger partial charge on any atom is 0.191 e. The molecule has 0 bridgehead atoms. The molecule has 1 aromatic heterocycles. The molecule has 0 aliphatic heterocycles. The summed E-state index contributed by atoms with van der Waals surface area (Å²) in [5.41, 5.74) is 0. The predicted molar refractivity (Wildman–Crippen MR) is 107 cm³/mol. The maximum absolute atomic E-state index is 4.39. The van der Waals surface area contributed by atoms with Crippen LogP contribution in [0.3, 0.4) is 0 Å². The summed E-state index contributed by atoms with van der Waals surface area (Å²) in [7, 11) is 1.85. The minimum Gasteiger partial charge on any atom is -0.356 e. The summed E-state index contributed by atoms with van der Waals surface area (Å²) < 4.78 is 0. The second-order valence-corrected chi connectivity index (χ2v) is 7.20. The number of hydrogen-bond acceptors (Lipinski definition) is 3. The van der Waals surface area contributed by atoms with Gasteiger partial charge in [0.25, 0.3) is 0 Å². The molecule has 2 N–H and O–H groups in total. The number of thiazole rings is 1. The zero-order valence-corrected chi connectivity index (χ0v) is 17.0. The molecular weight excluding hydrogens is 407 g/mol. The van der Waals surface area contributed by atoms with Gasteiger partial charge in [-0.25, -0.2) is 4.98 Å². The minimum absolute atomic E-state index is 0.